The molecule has 0 bridgehead atoms. The predicted octanol–water partition coefficient (Wildman–Crippen LogP) is 3.81. The highest BCUT2D eigenvalue weighted by molar-refractivity contribution is 6.07. The maximum Gasteiger partial charge on any atom is 0.347 e. The van der Waals surface area contributed by atoms with Crippen LogP contribution >= 0.6 is 0 Å². The molecule has 4 aromatic rings. The number of amides is 1. The Morgan fingerprint density at radius 1 is 0.926 bits per heavy atom. The van der Waals surface area contributed by atoms with E-state index < -0.39 is 11.5 Å². The molecule has 3 aromatic carbocycles. The van der Waals surface area contributed by atoms with Gasteiger partial charge in [-0.2, -0.15) is 0 Å². The lowest BCUT2D eigenvalue weighted by Crippen LogP contribution is -2.13. The number of carbonyl (C=O) groups is 1. The summed E-state index contributed by atoms with van der Waals surface area (Å²) in [5, 5.41) is 13.0. The van der Waals surface area contributed by atoms with E-state index in [9.17, 15) is 14.7 Å². The number of hydrogen-bond donors (Lipinski definition) is 2. The molecule has 0 aliphatic carbocycles. The number of phenolic OH excluding ortho intramolecular Hbond substituents is 1. The van der Waals surface area contributed by atoms with Gasteiger partial charge in [0, 0.05) is 0 Å². The third-order valence-corrected chi connectivity index (χ3v) is 4.09. The van der Waals surface area contributed by atoms with Gasteiger partial charge in [-0.1, -0.05) is 36.4 Å². The molecule has 0 aliphatic rings. The van der Waals surface area contributed by atoms with E-state index in [1.165, 1.54) is 12.1 Å². The van der Waals surface area contributed by atoms with Gasteiger partial charge in [0.1, 0.15) is 5.75 Å². The normalized spacial score (nSPS) is 10.7. The van der Waals surface area contributed by atoms with Crippen molar-refractivity contribution in [3.8, 4) is 17.2 Å². The summed E-state index contributed by atoms with van der Waals surface area (Å²) in [6.45, 7) is 0. The molecular formula is C21H14N2O4. The van der Waals surface area contributed by atoms with Crippen LogP contribution in [0.1, 0.15) is 10.4 Å². The Morgan fingerprint density at radius 2 is 1.63 bits per heavy atom. The Hall–Kier alpha value is -3.93. The van der Waals surface area contributed by atoms with Crippen LogP contribution in [0.15, 0.2) is 82.0 Å². The molecule has 6 heteroatoms. The predicted molar refractivity (Wildman–Crippen MR) is 102 cm³/mol. The standard InChI is InChI=1S/C21H14N2O4/c24-18-12-6-3-9-15(18)19(25)22-16-10-4-1-7-13(16)20-23-17-11-5-2-8-14(17)21(26)27-20/h1-12,24H,(H,22,25). The monoisotopic (exact) mass is 358 g/mol. The SMILES string of the molecule is O=C(Nc1ccccc1-c1nc2ccccc2c(=O)o1)c1ccccc1O. The van der Waals surface area contributed by atoms with Crippen molar-refractivity contribution in [3.63, 3.8) is 0 Å². The van der Waals surface area contributed by atoms with E-state index in [4.69, 9.17) is 4.42 Å². The first-order valence-electron chi connectivity index (χ1n) is 8.22. The first kappa shape index (κ1) is 16.5. The summed E-state index contributed by atoms with van der Waals surface area (Å²) in [6.07, 6.45) is 0. The van der Waals surface area contributed by atoms with E-state index in [1.54, 1.807) is 60.7 Å². The largest absolute Gasteiger partial charge is 0.507 e. The van der Waals surface area contributed by atoms with Crippen molar-refractivity contribution in [1.29, 1.82) is 0 Å². The average Bonchev–Trinajstić information content (AvgIpc) is 2.68. The number of nitrogens with zero attached hydrogens (tertiary/aromatic N) is 1. The number of nitrogens with one attached hydrogen (secondary N) is 1. The number of benzene rings is 3. The number of rotatable bonds is 3. The lowest BCUT2D eigenvalue weighted by Gasteiger charge is -2.11. The number of aromatic hydroxyl groups is 1. The fourth-order valence-corrected chi connectivity index (χ4v) is 2.77. The van der Waals surface area contributed by atoms with Gasteiger partial charge < -0.3 is 14.8 Å². The zero-order valence-electron chi connectivity index (χ0n) is 14.0. The van der Waals surface area contributed by atoms with Crippen LogP contribution in [0.25, 0.3) is 22.4 Å². The third kappa shape index (κ3) is 3.16. The van der Waals surface area contributed by atoms with Crippen LogP contribution in [0.2, 0.25) is 0 Å². The van der Waals surface area contributed by atoms with Crippen molar-refractivity contribution in [3.05, 3.63) is 88.8 Å². The van der Waals surface area contributed by atoms with Gasteiger partial charge in [0.15, 0.2) is 0 Å². The number of carbonyl (C=O) groups excluding carboxylic acids is 1. The van der Waals surface area contributed by atoms with Crippen LogP contribution in [0.4, 0.5) is 5.69 Å². The first-order chi connectivity index (χ1) is 13.1. The molecule has 1 heterocycles. The number of para-hydroxylation sites is 3. The van der Waals surface area contributed by atoms with Crippen LogP contribution in [-0.2, 0) is 0 Å². The van der Waals surface area contributed by atoms with E-state index in [0.717, 1.165) is 0 Å². The lowest BCUT2D eigenvalue weighted by molar-refractivity contribution is 0.102. The van der Waals surface area contributed by atoms with Crippen LogP contribution < -0.4 is 10.9 Å². The maximum absolute atomic E-state index is 12.5. The molecule has 132 valence electrons. The molecule has 0 unspecified atom stereocenters. The van der Waals surface area contributed by atoms with E-state index in [0.29, 0.717) is 22.2 Å². The fourth-order valence-electron chi connectivity index (χ4n) is 2.77. The minimum absolute atomic E-state index is 0.104. The molecular weight excluding hydrogens is 344 g/mol. The highest BCUT2D eigenvalue weighted by Crippen LogP contribution is 2.28. The van der Waals surface area contributed by atoms with Gasteiger partial charge in [0.2, 0.25) is 5.89 Å². The molecule has 4 rings (SSSR count). The van der Waals surface area contributed by atoms with Crippen LogP contribution in [0, 0.1) is 0 Å². The number of phenols is 1. The highest BCUT2D eigenvalue weighted by Gasteiger charge is 2.16. The van der Waals surface area contributed by atoms with Gasteiger partial charge in [0.05, 0.1) is 27.7 Å². The van der Waals surface area contributed by atoms with Gasteiger partial charge in [-0.05, 0) is 36.4 Å². The summed E-state index contributed by atoms with van der Waals surface area (Å²) in [5.41, 5.74) is 1.02. The summed E-state index contributed by atoms with van der Waals surface area (Å²) >= 11 is 0. The van der Waals surface area contributed by atoms with Gasteiger partial charge in [-0.15, -0.1) is 0 Å². The number of hydrogen-bond acceptors (Lipinski definition) is 5. The van der Waals surface area contributed by atoms with Gasteiger partial charge >= 0.3 is 5.63 Å². The Labute approximate surface area is 153 Å². The molecule has 0 atom stereocenters. The second-order valence-electron chi connectivity index (χ2n) is 5.84. The van der Waals surface area contributed by atoms with Crippen molar-refractivity contribution in [2.45, 2.75) is 0 Å². The zero-order chi connectivity index (χ0) is 18.8. The van der Waals surface area contributed by atoms with Crippen molar-refractivity contribution in [1.82, 2.24) is 4.98 Å². The molecule has 0 fully saturated rings. The van der Waals surface area contributed by atoms with E-state index in [2.05, 4.69) is 10.3 Å². The molecule has 1 amide bonds. The quantitative estimate of drug-likeness (QED) is 0.581. The molecule has 0 radical (unpaired) electrons. The van der Waals surface area contributed by atoms with E-state index in [1.807, 2.05) is 0 Å². The van der Waals surface area contributed by atoms with Crippen molar-refractivity contribution in [2.75, 3.05) is 5.32 Å². The number of anilines is 1. The summed E-state index contributed by atoms with van der Waals surface area (Å²) < 4.78 is 5.36. The van der Waals surface area contributed by atoms with Crippen LogP contribution in [0.3, 0.4) is 0 Å². The summed E-state index contributed by atoms with van der Waals surface area (Å²) in [7, 11) is 0. The molecule has 27 heavy (non-hydrogen) atoms. The minimum Gasteiger partial charge on any atom is -0.507 e. The highest BCUT2D eigenvalue weighted by atomic mass is 16.4. The fraction of sp³-hybridized carbons (Fsp3) is 0. The molecule has 2 N–H and O–H groups in total. The summed E-state index contributed by atoms with van der Waals surface area (Å²) in [5.74, 6) is -0.501. The Bertz CT molecular complexity index is 1210. The van der Waals surface area contributed by atoms with Gasteiger partial charge in [-0.3, -0.25) is 4.79 Å². The van der Waals surface area contributed by atoms with E-state index >= 15 is 0 Å². The van der Waals surface area contributed by atoms with Crippen molar-refractivity contribution < 1.29 is 14.3 Å². The summed E-state index contributed by atoms with van der Waals surface area (Å²) in [6, 6.07) is 20.0. The van der Waals surface area contributed by atoms with Crippen LogP contribution in [0.5, 0.6) is 5.75 Å². The smallest absolute Gasteiger partial charge is 0.347 e. The number of aromatic nitrogens is 1. The Morgan fingerprint density at radius 3 is 2.48 bits per heavy atom. The second kappa shape index (κ2) is 6.76. The molecule has 6 nitrogen and oxygen atoms in total. The third-order valence-electron chi connectivity index (χ3n) is 4.09. The average molecular weight is 358 g/mol. The van der Waals surface area contributed by atoms with Crippen molar-refractivity contribution in [2.24, 2.45) is 0 Å². The molecule has 1 aromatic heterocycles. The lowest BCUT2D eigenvalue weighted by atomic mass is 10.1. The first-order valence-corrected chi connectivity index (χ1v) is 8.22. The molecule has 0 spiro atoms. The van der Waals surface area contributed by atoms with E-state index in [-0.39, 0.29) is 17.2 Å². The van der Waals surface area contributed by atoms with Crippen LogP contribution in [-0.4, -0.2) is 16.0 Å². The molecule has 0 saturated carbocycles. The zero-order valence-corrected chi connectivity index (χ0v) is 14.0. The Kier molecular flexibility index (Phi) is 4.14. The molecule has 0 saturated heterocycles. The Balaban J connectivity index is 1.77. The van der Waals surface area contributed by atoms with Gasteiger partial charge in [0.25, 0.3) is 5.91 Å². The summed E-state index contributed by atoms with van der Waals surface area (Å²) in [4.78, 5) is 29.2. The molecule has 0 aliphatic heterocycles. The number of fused-ring (bicyclic) bond motifs is 1. The van der Waals surface area contributed by atoms with Crippen molar-refractivity contribution >= 4 is 22.5 Å². The topological polar surface area (TPSA) is 92.4 Å². The maximum atomic E-state index is 12.5. The minimum atomic E-state index is -0.502. The second-order valence-corrected chi connectivity index (χ2v) is 5.84. The van der Waals surface area contributed by atoms with Gasteiger partial charge in [-0.25, -0.2) is 9.78 Å².